The summed E-state index contributed by atoms with van der Waals surface area (Å²) in [6, 6.07) is 3.99. The smallest absolute Gasteiger partial charge is 0.303 e. The molecule has 1 aromatic carbocycles. The van der Waals surface area contributed by atoms with Crippen LogP contribution >= 0.6 is 11.6 Å². The minimum Gasteiger partial charge on any atom is -0.481 e. The maximum Gasteiger partial charge on any atom is 0.303 e. The van der Waals surface area contributed by atoms with Gasteiger partial charge in [0.1, 0.15) is 5.02 Å². The lowest BCUT2D eigenvalue weighted by atomic mass is 10.1. The van der Waals surface area contributed by atoms with Crippen molar-refractivity contribution in [2.45, 2.75) is 19.8 Å². The van der Waals surface area contributed by atoms with Crippen molar-refractivity contribution in [3.8, 4) is 0 Å². The monoisotopic (exact) mass is 314 g/mol. The summed E-state index contributed by atoms with van der Waals surface area (Å²) in [5.74, 6) is -1.44. The maximum atomic E-state index is 11.9. The van der Waals surface area contributed by atoms with Crippen molar-refractivity contribution in [3.63, 3.8) is 0 Å². The van der Waals surface area contributed by atoms with E-state index in [4.69, 9.17) is 16.7 Å². The molecular weight excluding hydrogens is 300 g/mol. The number of nitro benzene ring substituents is 1. The van der Waals surface area contributed by atoms with Gasteiger partial charge in [-0.1, -0.05) is 24.6 Å². The van der Waals surface area contributed by atoms with Gasteiger partial charge in [0.05, 0.1) is 10.5 Å². The highest BCUT2D eigenvalue weighted by molar-refractivity contribution is 6.35. The molecule has 7 nitrogen and oxygen atoms in total. The molecule has 0 aliphatic heterocycles. The average Bonchev–Trinajstić information content (AvgIpc) is 2.42. The zero-order valence-corrected chi connectivity index (χ0v) is 12.1. The molecule has 1 amide bonds. The van der Waals surface area contributed by atoms with E-state index in [1.54, 1.807) is 6.92 Å². The lowest BCUT2D eigenvalue weighted by molar-refractivity contribution is -0.384. The Kier molecular flexibility index (Phi) is 6.10. The van der Waals surface area contributed by atoms with Crippen molar-refractivity contribution >= 4 is 29.2 Å². The number of rotatable bonds is 7. The number of aliphatic carboxylic acids is 1. The molecule has 1 unspecified atom stereocenters. The summed E-state index contributed by atoms with van der Waals surface area (Å²) in [4.78, 5) is 32.5. The first-order valence-corrected chi connectivity index (χ1v) is 6.63. The second-order valence-corrected chi connectivity index (χ2v) is 5.02. The van der Waals surface area contributed by atoms with E-state index in [9.17, 15) is 19.7 Å². The normalized spacial score (nSPS) is 11.7. The van der Waals surface area contributed by atoms with E-state index in [0.29, 0.717) is 6.42 Å². The Bertz CT molecular complexity index is 561. The number of halogens is 1. The van der Waals surface area contributed by atoms with Crippen molar-refractivity contribution < 1.29 is 19.6 Å². The number of hydrogen-bond acceptors (Lipinski definition) is 4. The number of nitrogens with zero attached hydrogens (tertiary/aromatic N) is 1. The Morgan fingerprint density at radius 2 is 2.14 bits per heavy atom. The Balaban J connectivity index is 2.66. The summed E-state index contributed by atoms with van der Waals surface area (Å²) in [6.07, 6.45) is 0.451. The predicted molar refractivity (Wildman–Crippen MR) is 76.5 cm³/mol. The molecule has 1 rings (SSSR count). The molecule has 0 spiro atoms. The summed E-state index contributed by atoms with van der Waals surface area (Å²) >= 11 is 5.84. The van der Waals surface area contributed by atoms with Gasteiger partial charge in [-0.05, 0) is 18.4 Å². The van der Waals surface area contributed by atoms with Gasteiger partial charge in [0.25, 0.3) is 11.6 Å². The number of nitrogens with one attached hydrogen (secondary N) is 1. The van der Waals surface area contributed by atoms with Crippen LogP contribution in [0.15, 0.2) is 18.2 Å². The lowest BCUT2D eigenvalue weighted by Gasteiger charge is -2.12. The lowest BCUT2D eigenvalue weighted by Crippen LogP contribution is -2.28. The second-order valence-electron chi connectivity index (χ2n) is 4.64. The summed E-state index contributed by atoms with van der Waals surface area (Å²) in [6.45, 7) is 2.07. The summed E-state index contributed by atoms with van der Waals surface area (Å²) < 4.78 is 0. The second kappa shape index (κ2) is 7.58. The molecule has 8 heteroatoms. The van der Waals surface area contributed by atoms with E-state index in [2.05, 4.69) is 5.32 Å². The fourth-order valence-electron chi connectivity index (χ4n) is 1.67. The number of carboxylic acids is 1. The van der Waals surface area contributed by atoms with E-state index in [1.807, 2.05) is 0 Å². The zero-order valence-electron chi connectivity index (χ0n) is 11.3. The van der Waals surface area contributed by atoms with Crippen LogP contribution in [0.25, 0.3) is 0 Å². The number of nitro groups is 1. The number of carbonyl (C=O) groups is 2. The topological polar surface area (TPSA) is 110 Å². The van der Waals surface area contributed by atoms with Gasteiger partial charge < -0.3 is 10.4 Å². The van der Waals surface area contributed by atoms with E-state index < -0.39 is 16.8 Å². The summed E-state index contributed by atoms with van der Waals surface area (Å²) in [7, 11) is 0. The molecule has 0 aromatic heterocycles. The van der Waals surface area contributed by atoms with E-state index in [-0.39, 0.29) is 35.2 Å². The standard InChI is InChI=1S/C13H15ClN2O5/c1-8(5-6-11(17)18)7-15-13(19)9-3-2-4-10(12(9)14)16(20)21/h2-4,8H,5-7H2,1H3,(H,15,19)(H,17,18). The average molecular weight is 315 g/mol. The Morgan fingerprint density at radius 3 is 2.71 bits per heavy atom. The van der Waals surface area contributed by atoms with Crippen LogP contribution < -0.4 is 5.32 Å². The molecule has 114 valence electrons. The zero-order chi connectivity index (χ0) is 16.0. The van der Waals surface area contributed by atoms with Gasteiger partial charge in [-0.25, -0.2) is 0 Å². The number of hydrogen-bond donors (Lipinski definition) is 2. The molecule has 1 atom stereocenters. The number of amides is 1. The van der Waals surface area contributed by atoms with Crippen LogP contribution in [0.5, 0.6) is 0 Å². The Morgan fingerprint density at radius 1 is 1.48 bits per heavy atom. The first kappa shape index (κ1) is 16.9. The van der Waals surface area contributed by atoms with Crippen LogP contribution in [0.3, 0.4) is 0 Å². The van der Waals surface area contributed by atoms with Crippen molar-refractivity contribution in [2.75, 3.05) is 6.54 Å². The molecule has 0 fully saturated rings. The third-order valence-electron chi connectivity index (χ3n) is 2.88. The number of benzene rings is 1. The van der Waals surface area contributed by atoms with Crippen molar-refractivity contribution in [1.29, 1.82) is 0 Å². The molecular formula is C13H15ClN2O5. The van der Waals surface area contributed by atoms with Gasteiger partial charge in [-0.2, -0.15) is 0 Å². The van der Waals surface area contributed by atoms with Gasteiger partial charge in [0.2, 0.25) is 0 Å². The molecule has 0 bridgehead atoms. The highest BCUT2D eigenvalue weighted by atomic mass is 35.5. The summed E-state index contributed by atoms with van der Waals surface area (Å²) in [5.41, 5.74) is -0.306. The van der Waals surface area contributed by atoms with Crippen LogP contribution in [0.4, 0.5) is 5.69 Å². The maximum absolute atomic E-state index is 11.9. The predicted octanol–water partition coefficient (Wildman–Crippen LogP) is 2.48. The fraction of sp³-hybridized carbons (Fsp3) is 0.385. The number of carbonyl (C=O) groups excluding carboxylic acids is 1. The van der Waals surface area contributed by atoms with Gasteiger partial charge in [-0.15, -0.1) is 0 Å². The van der Waals surface area contributed by atoms with Crippen molar-refractivity contribution in [1.82, 2.24) is 5.32 Å². The van der Waals surface area contributed by atoms with Gasteiger partial charge in [-0.3, -0.25) is 19.7 Å². The quantitative estimate of drug-likeness (QED) is 0.593. The minimum atomic E-state index is -0.894. The van der Waals surface area contributed by atoms with Crippen molar-refractivity contribution in [3.05, 3.63) is 38.9 Å². The third-order valence-corrected chi connectivity index (χ3v) is 3.28. The largest absolute Gasteiger partial charge is 0.481 e. The Labute approximate surface area is 126 Å². The molecule has 0 saturated carbocycles. The fourth-order valence-corrected chi connectivity index (χ4v) is 1.95. The van der Waals surface area contributed by atoms with Crippen LogP contribution in [-0.2, 0) is 4.79 Å². The van der Waals surface area contributed by atoms with Crippen LogP contribution in [0.2, 0.25) is 5.02 Å². The third kappa shape index (κ3) is 5.03. The van der Waals surface area contributed by atoms with E-state index in [1.165, 1.54) is 18.2 Å². The minimum absolute atomic E-state index is 0.0224. The van der Waals surface area contributed by atoms with E-state index >= 15 is 0 Å². The SMILES string of the molecule is CC(CCC(=O)O)CNC(=O)c1cccc([N+](=O)[O-])c1Cl. The van der Waals surface area contributed by atoms with E-state index in [0.717, 1.165) is 0 Å². The Hall–Kier alpha value is -2.15. The highest BCUT2D eigenvalue weighted by Crippen LogP contribution is 2.27. The first-order valence-electron chi connectivity index (χ1n) is 6.25. The molecule has 21 heavy (non-hydrogen) atoms. The summed E-state index contributed by atoms with van der Waals surface area (Å²) in [5, 5.41) is 21.7. The molecule has 0 aliphatic rings. The van der Waals surface area contributed by atoms with Gasteiger partial charge in [0.15, 0.2) is 0 Å². The van der Waals surface area contributed by atoms with Gasteiger partial charge >= 0.3 is 5.97 Å². The molecule has 0 radical (unpaired) electrons. The van der Waals surface area contributed by atoms with Crippen LogP contribution in [0, 0.1) is 16.0 Å². The highest BCUT2D eigenvalue weighted by Gasteiger charge is 2.20. The molecule has 0 heterocycles. The first-order chi connectivity index (χ1) is 9.82. The molecule has 0 aliphatic carbocycles. The van der Waals surface area contributed by atoms with Gasteiger partial charge in [0, 0.05) is 19.0 Å². The van der Waals surface area contributed by atoms with Crippen LogP contribution in [-0.4, -0.2) is 28.5 Å². The van der Waals surface area contributed by atoms with Crippen LogP contribution in [0.1, 0.15) is 30.1 Å². The molecule has 1 aromatic rings. The van der Waals surface area contributed by atoms with Crippen molar-refractivity contribution in [2.24, 2.45) is 5.92 Å². The number of carboxylic acid groups (broad SMARTS) is 1. The molecule has 0 saturated heterocycles. The molecule has 2 N–H and O–H groups in total.